The Kier molecular flexibility index (Phi) is 5.91. The van der Waals surface area contributed by atoms with Crippen LogP contribution < -0.4 is 4.90 Å². The van der Waals surface area contributed by atoms with E-state index in [1.165, 1.54) is 0 Å². The summed E-state index contributed by atoms with van der Waals surface area (Å²) in [6, 6.07) is 15.3. The van der Waals surface area contributed by atoms with E-state index in [4.69, 9.17) is 16.6 Å². The third-order valence-corrected chi connectivity index (χ3v) is 7.17. The van der Waals surface area contributed by atoms with Crippen molar-refractivity contribution < 1.29 is 9.59 Å². The maximum absolute atomic E-state index is 13.0. The minimum Gasteiger partial charge on any atom is -0.368 e. The van der Waals surface area contributed by atoms with E-state index in [1.807, 2.05) is 69.4 Å². The van der Waals surface area contributed by atoms with Gasteiger partial charge < -0.3 is 9.80 Å². The lowest BCUT2D eigenvalue weighted by molar-refractivity contribution is -0.130. The van der Waals surface area contributed by atoms with E-state index in [0.717, 1.165) is 40.7 Å². The van der Waals surface area contributed by atoms with E-state index in [0.29, 0.717) is 30.1 Å². The standard InChI is InChI=1S/C25H23ClN4O2S/c1-17(31)18-4-8-21(9-5-18)28-10-12-29(13-11-28)24(32)14-22-16-33-25-27-23(15-30(22)25)19-2-6-20(26)7-3-19/h2-9,15-16H,10-14H2,1H3. The van der Waals surface area contributed by atoms with Gasteiger partial charge in [0, 0.05) is 65.3 Å². The van der Waals surface area contributed by atoms with Crippen molar-refractivity contribution in [2.75, 3.05) is 31.1 Å². The van der Waals surface area contributed by atoms with E-state index >= 15 is 0 Å². The van der Waals surface area contributed by atoms with Crippen molar-refractivity contribution in [2.45, 2.75) is 13.3 Å². The van der Waals surface area contributed by atoms with Crippen molar-refractivity contribution in [3.05, 3.63) is 76.4 Å². The highest BCUT2D eigenvalue weighted by Gasteiger charge is 2.23. The van der Waals surface area contributed by atoms with Crippen LogP contribution in [0, 0.1) is 0 Å². The van der Waals surface area contributed by atoms with Gasteiger partial charge in [0.2, 0.25) is 5.91 Å². The molecule has 0 N–H and O–H groups in total. The summed E-state index contributed by atoms with van der Waals surface area (Å²) in [5, 5.41) is 2.71. The van der Waals surface area contributed by atoms with Crippen molar-refractivity contribution >= 4 is 45.3 Å². The van der Waals surface area contributed by atoms with Crippen LogP contribution in [-0.4, -0.2) is 52.2 Å². The summed E-state index contributed by atoms with van der Waals surface area (Å²) in [5.41, 5.74) is 4.62. The Morgan fingerprint density at radius 2 is 1.70 bits per heavy atom. The third-order valence-electron chi connectivity index (χ3n) is 6.03. The Hall–Kier alpha value is -3.16. The molecule has 0 unspecified atom stereocenters. The van der Waals surface area contributed by atoms with Crippen LogP contribution in [0.4, 0.5) is 5.69 Å². The molecule has 1 fully saturated rings. The molecule has 0 radical (unpaired) electrons. The van der Waals surface area contributed by atoms with Crippen molar-refractivity contribution in [1.29, 1.82) is 0 Å². The molecule has 2 aromatic heterocycles. The van der Waals surface area contributed by atoms with Crippen LogP contribution in [0.2, 0.25) is 5.02 Å². The van der Waals surface area contributed by atoms with Gasteiger partial charge in [-0.15, -0.1) is 11.3 Å². The number of Topliss-reactive ketones (excluding diaryl/α,β-unsaturated/α-hetero) is 1. The molecule has 1 aliphatic heterocycles. The molecule has 0 aliphatic carbocycles. The quantitative estimate of drug-likeness (QED) is 0.386. The predicted octanol–water partition coefficient (Wildman–Crippen LogP) is 4.81. The number of fused-ring (bicyclic) bond motifs is 1. The number of piperazine rings is 1. The minimum absolute atomic E-state index is 0.0673. The summed E-state index contributed by atoms with van der Waals surface area (Å²) in [6.07, 6.45) is 2.34. The highest BCUT2D eigenvalue weighted by molar-refractivity contribution is 7.15. The largest absolute Gasteiger partial charge is 0.368 e. The fourth-order valence-corrected chi connectivity index (χ4v) is 5.10. The highest BCUT2D eigenvalue weighted by Crippen LogP contribution is 2.25. The Labute approximate surface area is 201 Å². The molecular weight excluding hydrogens is 456 g/mol. The zero-order chi connectivity index (χ0) is 22.9. The van der Waals surface area contributed by atoms with Crippen LogP contribution in [0.3, 0.4) is 0 Å². The average Bonchev–Trinajstić information content (AvgIpc) is 3.42. The molecule has 0 atom stereocenters. The second kappa shape index (κ2) is 9.00. The number of halogens is 1. The Balaban J connectivity index is 1.23. The van der Waals surface area contributed by atoms with Gasteiger partial charge in [0.15, 0.2) is 10.7 Å². The summed E-state index contributed by atoms with van der Waals surface area (Å²) in [4.78, 5) is 34.3. The molecular formula is C25H23ClN4O2S. The minimum atomic E-state index is 0.0673. The number of benzene rings is 2. The molecule has 1 aliphatic rings. The van der Waals surface area contributed by atoms with Gasteiger partial charge in [-0.3, -0.25) is 14.0 Å². The van der Waals surface area contributed by atoms with Gasteiger partial charge in [-0.2, -0.15) is 0 Å². The first-order valence-corrected chi connectivity index (χ1v) is 12.1. The van der Waals surface area contributed by atoms with Crippen LogP contribution in [0.15, 0.2) is 60.1 Å². The van der Waals surface area contributed by atoms with E-state index in [9.17, 15) is 9.59 Å². The summed E-state index contributed by atoms with van der Waals surface area (Å²) in [5.74, 6) is 0.195. The summed E-state index contributed by atoms with van der Waals surface area (Å²) >= 11 is 7.54. The number of hydrogen-bond acceptors (Lipinski definition) is 5. The van der Waals surface area contributed by atoms with Crippen molar-refractivity contribution in [1.82, 2.24) is 14.3 Å². The summed E-state index contributed by atoms with van der Waals surface area (Å²) in [6.45, 7) is 4.48. The van der Waals surface area contributed by atoms with Gasteiger partial charge in [-0.25, -0.2) is 4.98 Å². The first-order valence-electron chi connectivity index (χ1n) is 10.8. The SMILES string of the molecule is CC(=O)c1ccc(N2CCN(C(=O)Cc3csc4nc(-c5ccc(Cl)cc5)cn34)CC2)cc1. The van der Waals surface area contributed by atoms with Gasteiger partial charge in [0.25, 0.3) is 0 Å². The lowest BCUT2D eigenvalue weighted by atomic mass is 10.1. The molecule has 0 saturated carbocycles. The number of carbonyl (C=O) groups is 2. The van der Waals surface area contributed by atoms with Gasteiger partial charge >= 0.3 is 0 Å². The second-order valence-electron chi connectivity index (χ2n) is 8.16. The molecule has 3 heterocycles. The monoisotopic (exact) mass is 478 g/mol. The molecule has 2 aromatic carbocycles. The van der Waals surface area contributed by atoms with Crippen molar-refractivity contribution in [3.63, 3.8) is 0 Å². The smallest absolute Gasteiger partial charge is 0.228 e. The average molecular weight is 479 g/mol. The number of thiazole rings is 1. The molecule has 8 heteroatoms. The number of amides is 1. The summed E-state index contributed by atoms with van der Waals surface area (Å²) < 4.78 is 2.01. The number of hydrogen-bond donors (Lipinski definition) is 0. The lowest BCUT2D eigenvalue weighted by Crippen LogP contribution is -2.49. The molecule has 1 saturated heterocycles. The van der Waals surface area contributed by atoms with Crippen LogP contribution in [-0.2, 0) is 11.2 Å². The fraction of sp³-hybridized carbons (Fsp3) is 0.240. The number of ketones is 1. The molecule has 6 nitrogen and oxygen atoms in total. The number of rotatable bonds is 5. The molecule has 0 bridgehead atoms. The van der Waals surface area contributed by atoms with Gasteiger partial charge in [0.1, 0.15) is 0 Å². The maximum atomic E-state index is 13.0. The van der Waals surface area contributed by atoms with Gasteiger partial charge in [0.05, 0.1) is 12.1 Å². The van der Waals surface area contributed by atoms with Crippen LogP contribution in [0.5, 0.6) is 0 Å². The Morgan fingerprint density at radius 1 is 1.00 bits per heavy atom. The number of anilines is 1. The summed E-state index contributed by atoms with van der Waals surface area (Å²) in [7, 11) is 0. The number of imidazole rings is 1. The zero-order valence-corrected chi connectivity index (χ0v) is 19.8. The predicted molar refractivity (Wildman–Crippen MR) is 132 cm³/mol. The fourth-order valence-electron chi connectivity index (χ4n) is 4.10. The molecule has 1 amide bonds. The van der Waals surface area contributed by atoms with E-state index in [1.54, 1.807) is 18.3 Å². The first-order chi connectivity index (χ1) is 16.0. The number of aromatic nitrogens is 2. The third kappa shape index (κ3) is 4.51. The number of nitrogens with zero attached hydrogens (tertiary/aromatic N) is 4. The maximum Gasteiger partial charge on any atom is 0.228 e. The second-order valence-corrected chi connectivity index (χ2v) is 9.43. The highest BCUT2D eigenvalue weighted by atomic mass is 35.5. The molecule has 33 heavy (non-hydrogen) atoms. The van der Waals surface area contributed by atoms with E-state index in [-0.39, 0.29) is 11.7 Å². The first kappa shape index (κ1) is 21.7. The number of carbonyl (C=O) groups excluding carboxylic acids is 2. The normalized spacial score (nSPS) is 14.1. The lowest BCUT2D eigenvalue weighted by Gasteiger charge is -2.36. The van der Waals surface area contributed by atoms with Crippen molar-refractivity contribution in [3.8, 4) is 11.3 Å². The van der Waals surface area contributed by atoms with Crippen LogP contribution in [0.1, 0.15) is 23.0 Å². The van der Waals surface area contributed by atoms with Crippen LogP contribution >= 0.6 is 22.9 Å². The topological polar surface area (TPSA) is 57.9 Å². The Morgan fingerprint density at radius 3 is 2.36 bits per heavy atom. The van der Waals surface area contributed by atoms with Gasteiger partial charge in [-0.05, 0) is 43.3 Å². The van der Waals surface area contributed by atoms with Gasteiger partial charge in [-0.1, -0.05) is 23.7 Å². The molecule has 5 rings (SSSR count). The molecule has 168 valence electrons. The van der Waals surface area contributed by atoms with E-state index < -0.39 is 0 Å². The van der Waals surface area contributed by atoms with E-state index in [2.05, 4.69) is 4.90 Å². The Bertz CT molecular complexity index is 1300. The van der Waals surface area contributed by atoms with Crippen molar-refractivity contribution in [2.24, 2.45) is 0 Å². The van der Waals surface area contributed by atoms with Crippen LogP contribution in [0.25, 0.3) is 16.2 Å². The molecule has 0 spiro atoms. The molecule has 4 aromatic rings. The zero-order valence-electron chi connectivity index (χ0n) is 18.2.